The molecule has 1 aromatic rings. The van der Waals surface area contributed by atoms with Crippen LogP contribution >= 0.6 is 0 Å². The first kappa shape index (κ1) is 21.7. The predicted molar refractivity (Wildman–Crippen MR) is 113 cm³/mol. The van der Waals surface area contributed by atoms with Crippen molar-refractivity contribution in [1.29, 1.82) is 0 Å². The fourth-order valence-corrected chi connectivity index (χ4v) is 3.23. The van der Waals surface area contributed by atoms with Crippen molar-refractivity contribution in [3.8, 4) is 5.75 Å². The SMILES string of the molecule is CCC(O)(/C=C/C=C(/C)c1cccc(O[Si](C)(C)C(C)(C)C)c1)CC. The minimum absolute atomic E-state index is 0.182. The molecular formula is C22H36O2Si. The molecule has 0 heterocycles. The van der Waals surface area contributed by atoms with Crippen molar-refractivity contribution in [2.45, 2.75) is 78.1 Å². The Morgan fingerprint density at radius 3 is 2.28 bits per heavy atom. The van der Waals surface area contributed by atoms with Crippen LogP contribution in [-0.4, -0.2) is 19.0 Å². The lowest BCUT2D eigenvalue weighted by Gasteiger charge is -2.36. The predicted octanol–water partition coefficient (Wildman–Crippen LogP) is 6.58. The van der Waals surface area contributed by atoms with Gasteiger partial charge in [0.2, 0.25) is 8.32 Å². The van der Waals surface area contributed by atoms with Gasteiger partial charge in [0.15, 0.2) is 0 Å². The Kier molecular flexibility index (Phi) is 7.27. The number of aliphatic hydroxyl groups is 1. The van der Waals surface area contributed by atoms with Gasteiger partial charge in [-0.1, -0.05) is 65.0 Å². The molecule has 1 aromatic carbocycles. The van der Waals surface area contributed by atoms with Crippen LogP contribution in [0, 0.1) is 0 Å². The lowest BCUT2D eigenvalue weighted by Crippen LogP contribution is -2.43. The molecule has 0 saturated heterocycles. The molecule has 0 fully saturated rings. The van der Waals surface area contributed by atoms with Gasteiger partial charge in [0.25, 0.3) is 0 Å². The van der Waals surface area contributed by atoms with Crippen molar-refractivity contribution in [1.82, 2.24) is 0 Å². The second-order valence-corrected chi connectivity index (χ2v) is 13.1. The van der Waals surface area contributed by atoms with Gasteiger partial charge in [0.05, 0.1) is 5.60 Å². The summed E-state index contributed by atoms with van der Waals surface area (Å²) < 4.78 is 6.40. The van der Waals surface area contributed by atoms with E-state index in [4.69, 9.17) is 4.43 Å². The van der Waals surface area contributed by atoms with Crippen LogP contribution in [0.15, 0.2) is 42.5 Å². The van der Waals surface area contributed by atoms with Gasteiger partial charge in [0, 0.05) is 0 Å². The first-order valence-electron chi connectivity index (χ1n) is 9.32. The van der Waals surface area contributed by atoms with Gasteiger partial charge in [0.1, 0.15) is 5.75 Å². The number of rotatable bonds is 7. The summed E-state index contributed by atoms with van der Waals surface area (Å²) in [5, 5.41) is 10.5. The number of allylic oxidation sites excluding steroid dienone is 3. The highest BCUT2D eigenvalue weighted by Gasteiger charge is 2.38. The normalized spacial score (nSPS) is 14.2. The fraction of sp³-hybridized carbons (Fsp3) is 0.545. The first-order chi connectivity index (χ1) is 11.4. The Labute approximate surface area is 155 Å². The molecule has 25 heavy (non-hydrogen) atoms. The minimum Gasteiger partial charge on any atom is -0.543 e. The summed E-state index contributed by atoms with van der Waals surface area (Å²) in [6, 6.07) is 8.31. The van der Waals surface area contributed by atoms with Gasteiger partial charge < -0.3 is 9.53 Å². The molecule has 3 heteroatoms. The monoisotopic (exact) mass is 360 g/mol. The molecule has 2 nitrogen and oxygen atoms in total. The van der Waals surface area contributed by atoms with Crippen LogP contribution in [-0.2, 0) is 0 Å². The lowest BCUT2D eigenvalue weighted by atomic mass is 9.96. The van der Waals surface area contributed by atoms with Gasteiger partial charge in [-0.15, -0.1) is 0 Å². The van der Waals surface area contributed by atoms with Crippen molar-refractivity contribution in [3.05, 3.63) is 48.1 Å². The van der Waals surface area contributed by atoms with Crippen molar-refractivity contribution in [3.63, 3.8) is 0 Å². The zero-order chi connectivity index (χ0) is 19.3. The van der Waals surface area contributed by atoms with Crippen molar-refractivity contribution >= 4 is 13.9 Å². The maximum Gasteiger partial charge on any atom is 0.250 e. The van der Waals surface area contributed by atoms with Crippen LogP contribution in [0.2, 0.25) is 18.1 Å². The summed E-state index contributed by atoms with van der Waals surface area (Å²) in [5.41, 5.74) is 1.60. The quantitative estimate of drug-likeness (QED) is 0.439. The highest BCUT2D eigenvalue weighted by Crippen LogP contribution is 2.37. The molecule has 0 bridgehead atoms. The summed E-state index contributed by atoms with van der Waals surface area (Å²) in [4.78, 5) is 0. The van der Waals surface area contributed by atoms with E-state index in [1.807, 2.05) is 38.1 Å². The molecule has 0 unspecified atom stereocenters. The van der Waals surface area contributed by atoms with E-state index in [2.05, 4.69) is 59.0 Å². The Bertz CT molecular complexity index is 617. The van der Waals surface area contributed by atoms with Crippen LogP contribution < -0.4 is 4.43 Å². The smallest absolute Gasteiger partial charge is 0.250 e. The van der Waals surface area contributed by atoms with Gasteiger partial charge in [-0.25, -0.2) is 0 Å². The van der Waals surface area contributed by atoms with Gasteiger partial charge in [-0.05, 0) is 61.2 Å². The molecule has 0 aliphatic heterocycles. The van der Waals surface area contributed by atoms with Crippen molar-refractivity contribution < 1.29 is 9.53 Å². The van der Waals surface area contributed by atoms with Crippen LogP contribution in [0.25, 0.3) is 5.57 Å². The fourth-order valence-electron chi connectivity index (χ4n) is 2.21. The Balaban J connectivity index is 2.97. The van der Waals surface area contributed by atoms with E-state index in [0.29, 0.717) is 0 Å². The molecule has 140 valence electrons. The van der Waals surface area contributed by atoms with Crippen LogP contribution in [0.3, 0.4) is 0 Å². The molecule has 0 aromatic heterocycles. The Hall–Kier alpha value is -1.32. The average molecular weight is 361 g/mol. The third-order valence-corrected chi connectivity index (χ3v) is 9.80. The van der Waals surface area contributed by atoms with E-state index in [1.54, 1.807) is 0 Å². The first-order valence-corrected chi connectivity index (χ1v) is 12.2. The van der Waals surface area contributed by atoms with Crippen LogP contribution in [0.5, 0.6) is 5.75 Å². The average Bonchev–Trinajstić information content (AvgIpc) is 2.53. The molecule has 0 saturated carbocycles. The highest BCUT2D eigenvalue weighted by molar-refractivity contribution is 6.74. The Morgan fingerprint density at radius 2 is 1.76 bits per heavy atom. The van der Waals surface area contributed by atoms with E-state index in [-0.39, 0.29) is 5.04 Å². The van der Waals surface area contributed by atoms with Gasteiger partial charge >= 0.3 is 0 Å². The zero-order valence-electron chi connectivity index (χ0n) is 17.3. The molecule has 0 aliphatic carbocycles. The second-order valence-electron chi connectivity index (χ2n) is 8.41. The van der Waals surface area contributed by atoms with Crippen molar-refractivity contribution in [2.75, 3.05) is 0 Å². The summed E-state index contributed by atoms with van der Waals surface area (Å²) >= 11 is 0. The van der Waals surface area contributed by atoms with Crippen LogP contribution in [0.1, 0.15) is 59.9 Å². The van der Waals surface area contributed by atoms with E-state index >= 15 is 0 Å². The number of benzene rings is 1. The van der Waals surface area contributed by atoms with Crippen LogP contribution in [0.4, 0.5) is 0 Å². The van der Waals surface area contributed by atoms with Crippen molar-refractivity contribution in [2.24, 2.45) is 0 Å². The van der Waals surface area contributed by atoms with Gasteiger partial charge in [-0.2, -0.15) is 0 Å². The Morgan fingerprint density at radius 1 is 1.16 bits per heavy atom. The van der Waals surface area contributed by atoms with E-state index in [1.165, 1.54) is 0 Å². The molecule has 1 rings (SSSR count). The molecular weight excluding hydrogens is 324 g/mol. The largest absolute Gasteiger partial charge is 0.543 e. The minimum atomic E-state index is -1.83. The third kappa shape index (κ3) is 6.16. The summed E-state index contributed by atoms with van der Waals surface area (Å²) in [7, 11) is -1.83. The third-order valence-electron chi connectivity index (χ3n) is 5.45. The number of hydrogen-bond acceptors (Lipinski definition) is 2. The maximum atomic E-state index is 10.3. The van der Waals surface area contributed by atoms with E-state index in [0.717, 1.165) is 29.7 Å². The molecule has 0 radical (unpaired) electrons. The van der Waals surface area contributed by atoms with E-state index in [9.17, 15) is 5.11 Å². The summed E-state index contributed by atoms with van der Waals surface area (Å²) in [6.45, 7) is 17.4. The van der Waals surface area contributed by atoms with Gasteiger partial charge in [-0.3, -0.25) is 0 Å². The van der Waals surface area contributed by atoms with E-state index < -0.39 is 13.9 Å². The molecule has 0 atom stereocenters. The summed E-state index contributed by atoms with van der Waals surface area (Å²) in [6.07, 6.45) is 7.36. The zero-order valence-corrected chi connectivity index (χ0v) is 18.3. The molecule has 0 aliphatic rings. The maximum absolute atomic E-state index is 10.3. The standard InChI is InChI=1S/C22H36O2Si/c1-9-22(23,10-2)16-12-13-18(3)19-14-11-15-20(17-19)24-25(7,8)21(4,5)6/h11-17,23H,9-10H2,1-8H3/b16-12+,18-13-. The second kappa shape index (κ2) is 8.37. The molecule has 1 N–H and O–H groups in total. The number of hydrogen-bond donors (Lipinski definition) is 1. The topological polar surface area (TPSA) is 29.5 Å². The molecule has 0 spiro atoms. The lowest BCUT2D eigenvalue weighted by molar-refractivity contribution is 0.0828. The highest BCUT2D eigenvalue weighted by atomic mass is 28.4. The summed E-state index contributed by atoms with van der Waals surface area (Å²) in [5.74, 6) is 0.944. The molecule has 0 amide bonds.